The third kappa shape index (κ3) is 2.82. The molecular weight excluding hydrogens is 269 g/mol. The van der Waals surface area contributed by atoms with Crippen molar-refractivity contribution in [2.75, 3.05) is 7.11 Å². The number of benzene rings is 2. The fraction of sp³-hybridized carbons (Fsp3) is 0.133. The van der Waals surface area contributed by atoms with E-state index in [2.05, 4.69) is 0 Å². The highest BCUT2D eigenvalue weighted by Gasteiger charge is 2.40. The van der Waals surface area contributed by atoms with E-state index in [0.717, 1.165) is 0 Å². The SMILES string of the molecule is COc1ccc(-c2ccccc2C(=O)C(F)(F)F)cc1. The Bertz CT molecular complexity index is 616. The van der Waals surface area contributed by atoms with Crippen LogP contribution in [0.3, 0.4) is 0 Å². The van der Waals surface area contributed by atoms with Crippen LogP contribution in [0.15, 0.2) is 48.5 Å². The van der Waals surface area contributed by atoms with Gasteiger partial charge in [0, 0.05) is 5.56 Å². The van der Waals surface area contributed by atoms with Gasteiger partial charge in [0.05, 0.1) is 7.11 Å². The van der Waals surface area contributed by atoms with Crippen LogP contribution in [0.25, 0.3) is 11.1 Å². The molecule has 0 aliphatic heterocycles. The molecule has 0 fully saturated rings. The van der Waals surface area contributed by atoms with Crippen LogP contribution in [0, 0.1) is 0 Å². The second-order valence-electron chi connectivity index (χ2n) is 4.10. The van der Waals surface area contributed by atoms with Crippen molar-refractivity contribution in [1.82, 2.24) is 0 Å². The van der Waals surface area contributed by atoms with E-state index in [1.54, 1.807) is 30.3 Å². The van der Waals surface area contributed by atoms with Gasteiger partial charge in [0.1, 0.15) is 5.75 Å². The molecule has 20 heavy (non-hydrogen) atoms. The number of carbonyl (C=O) groups excluding carboxylic acids is 1. The molecule has 0 amide bonds. The molecular formula is C15H11F3O2. The summed E-state index contributed by atoms with van der Waals surface area (Å²) in [6.45, 7) is 0. The number of ketones is 1. The molecule has 2 rings (SSSR count). The van der Waals surface area contributed by atoms with Crippen molar-refractivity contribution in [1.29, 1.82) is 0 Å². The maximum atomic E-state index is 12.6. The number of hydrogen-bond acceptors (Lipinski definition) is 2. The number of ether oxygens (including phenoxy) is 1. The fourth-order valence-electron chi connectivity index (χ4n) is 1.86. The Kier molecular flexibility index (Phi) is 3.79. The lowest BCUT2D eigenvalue weighted by atomic mass is 9.97. The largest absolute Gasteiger partial charge is 0.497 e. The van der Waals surface area contributed by atoms with E-state index in [0.29, 0.717) is 11.3 Å². The minimum atomic E-state index is -4.89. The van der Waals surface area contributed by atoms with Crippen molar-refractivity contribution in [2.24, 2.45) is 0 Å². The quantitative estimate of drug-likeness (QED) is 0.791. The molecule has 2 aromatic carbocycles. The molecule has 0 N–H and O–H groups in total. The highest BCUT2D eigenvalue weighted by Crippen LogP contribution is 2.30. The van der Waals surface area contributed by atoms with Gasteiger partial charge in [-0.25, -0.2) is 0 Å². The maximum absolute atomic E-state index is 12.6. The Labute approximate surface area is 113 Å². The first-order valence-corrected chi connectivity index (χ1v) is 5.78. The Morgan fingerprint density at radius 2 is 1.60 bits per heavy atom. The van der Waals surface area contributed by atoms with E-state index in [9.17, 15) is 18.0 Å². The van der Waals surface area contributed by atoms with Crippen LogP contribution in [0.5, 0.6) is 5.75 Å². The van der Waals surface area contributed by atoms with Crippen molar-refractivity contribution in [3.63, 3.8) is 0 Å². The minimum absolute atomic E-state index is 0.248. The Hall–Kier alpha value is -2.30. The second kappa shape index (κ2) is 5.36. The summed E-state index contributed by atoms with van der Waals surface area (Å²) >= 11 is 0. The van der Waals surface area contributed by atoms with E-state index in [-0.39, 0.29) is 11.1 Å². The number of alkyl halides is 3. The van der Waals surface area contributed by atoms with Gasteiger partial charge < -0.3 is 4.74 Å². The van der Waals surface area contributed by atoms with Crippen LogP contribution in [0.1, 0.15) is 10.4 Å². The number of methoxy groups -OCH3 is 1. The van der Waals surface area contributed by atoms with E-state index in [1.807, 2.05) is 0 Å². The topological polar surface area (TPSA) is 26.3 Å². The summed E-state index contributed by atoms with van der Waals surface area (Å²) in [7, 11) is 1.50. The Morgan fingerprint density at radius 3 is 2.15 bits per heavy atom. The standard InChI is InChI=1S/C15H11F3O2/c1-20-11-8-6-10(7-9-11)12-4-2-3-5-13(12)14(19)15(16,17)18/h2-9H,1H3. The smallest absolute Gasteiger partial charge is 0.454 e. The summed E-state index contributed by atoms with van der Waals surface area (Å²) in [5.74, 6) is -1.25. The molecule has 0 heterocycles. The van der Waals surface area contributed by atoms with E-state index < -0.39 is 12.0 Å². The fourth-order valence-corrected chi connectivity index (χ4v) is 1.86. The molecule has 2 nitrogen and oxygen atoms in total. The zero-order valence-corrected chi connectivity index (χ0v) is 10.6. The monoisotopic (exact) mass is 280 g/mol. The Balaban J connectivity index is 2.49. The molecule has 0 aliphatic rings. The van der Waals surface area contributed by atoms with Crippen molar-refractivity contribution in [3.8, 4) is 16.9 Å². The number of rotatable bonds is 3. The van der Waals surface area contributed by atoms with Gasteiger partial charge in [0.15, 0.2) is 0 Å². The van der Waals surface area contributed by atoms with Crippen molar-refractivity contribution >= 4 is 5.78 Å². The molecule has 5 heteroatoms. The molecule has 0 aliphatic carbocycles. The maximum Gasteiger partial charge on any atom is 0.454 e. The summed E-state index contributed by atoms with van der Waals surface area (Å²) in [5, 5.41) is 0. The second-order valence-corrected chi connectivity index (χ2v) is 4.10. The highest BCUT2D eigenvalue weighted by atomic mass is 19.4. The minimum Gasteiger partial charge on any atom is -0.497 e. The summed E-state index contributed by atoms with van der Waals surface area (Å²) in [6.07, 6.45) is -4.89. The molecule has 0 bridgehead atoms. The third-order valence-corrected chi connectivity index (χ3v) is 2.83. The molecule has 0 saturated carbocycles. The molecule has 104 valence electrons. The lowest BCUT2D eigenvalue weighted by molar-refractivity contribution is -0.0884. The van der Waals surface area contributed by atoms with Crippen LogP contribution >= 0.6 is 0 Å². The Morgan fingerprint density at radius 1 is 1.00 bits per heavy atom. The zero-order chi connectivity index (χ0) is 14.8. The first-order chi connectivity index (χ1) is 9.43. The first-order valence-electron chi connectivity index (χ1n) is 5.78. The van der Waals surface area contributed by atoms with Gasteiger partial charge in [-0.1, -0.05) is 36.4 Å². The first kappa shape index (κ1) is 14.1. The molecule has 0 unspecified atom stereocenters. The summed E-state index contributed by atoms with van der Waals surface area (Å²) in [4.78, 5) is 11.4. The molecule has 0 atom stereocenters. The van der Waals surface area contributed by atoms with Gasteiger partial charge in [-0.2, -0.15) is 13.2 Å². The molecule has 0 radical (unpaired) electrons. The van der Waals surface area contributed by atoms with Crippen LogP contribution in [0.4, 0.5) is 13.2 Å². The molecule has 0 spiro atoms. The van der Waals surface area contributed by atoms with Crippen LogP contribution in [-0.2, 0) is 0 Å². The van der Waals surface area contributed by atoms with E-state index in [1.165, 1.54) is 25.3 Å². The lowest BCUT2D eigenvalue weighted by Gasteiger charge is -2.11. The van der Waals surface area contributed by atoms with Crippen LogP contribution < -0.4 is 4.74 Å². The van der Waals surface area contributed by atoms with Gasteiger partial charge in [0.25, 0.3) is 5.78 Å². The lowest BCUT2D eigenvalue weighted by Crippen LogP contribution is -2.23. The summed E-state index contributed by atoms with van der Waals surface area (Å²) in [5.41, 5.74) is 0.418. The predicted octanol–water partition coefficient (Wildman–Crippen LogP) is 4.11. The number of Topliss-reactive ketones (excluding diaryl/α,β-unsaturated/α-hetero) is 1. The molecule has 2 aromatic rings. The summed E-state index contributed by atoms with van der Waals surface area (Å²) in [6, 6.07) is 12.1. The van der Waals surface area contributed by atoms with Gasteiger partial charge in [-0.15, -0.1) is 0 Å². The van der Waals surface area contributed by atoms with Gasteiger partial charge in [0.2, 0.25) is 0 Å². The zero-order valence-electron chi connectivity index (χ0n) is 10.6. The van der Waals surface area contributed by atoms with E-state index in [4.69, 9.17) is 4.74 Å². The third-order valence-electron chi connectivity index (χ3n) is 2.83. The predicted molar refractivity (Wildman–Crippen MR) is 68.8 cm³/mol. The van der Waals surface area contributed by atoms with Crippen molar-refractivity contribution < 1.29 is 22.7 Å². The average Bonchev–Trinajstić information content (AvgIpc) is 2.45. The molecule has 0 saturated heterocycles. The van der Waals surface area contributed by atoms with Gasteiger partial charge in [-0.05, 0) is 23.3 Å². The van der Waals surface area contributed by atoms with Gasteiger partial charge in [-0.3, -0.25) is 4.79 Å². The molecule has 0 aromatic heterocycles. The van der Waals surface area contributed by atoms with Crippen LogP contribution in [-0.4, -0.2) is 19.1 Å². The summed E-state index contributed by atoms with van der Waals surface area (Å²) < 4.78 is 42.7. The van der Waals surface area contributed by atoms with Gasteiger partial charge >= 0.3 is 6.18 Å². The van der Waals surface area contributed by atoms with E-state index >= 15 is 0 Å². The number of hydrogen-bond donors (Lipinski definition) is 0. The van der Waals surface area contributed by atoms with Crippen molar-refractivity contribution in [2.45, 2.75) is 6.18 Å². The highest BCUT2D eigenvalue weighted by molar-refractivity contribution is 6.05. The van der Waals surface area contributed by atoms with Crippen LogP contribution in [0.2, 0.25) is 0 Å². The van der Waals surface area contributed by atoms with Crippen molar-refractivity contribution in [3.05, 3.63) is 54.1 Å². The normalized spacial score (nSPS) is 11.2. The number of halogens is 3. The number of carbonyl (C=O) groups is 1. The average molecular weight is 280 g/mol.